The summed E-state index contributed by atoms with van der Waals surface area (Å²) in [6.07, 6.45) is 2.55. The minimum atomic E-state index is -3.67. The number of hydrogen-bond donors (Lipinski definition) is 1. The molecule has 1 fully saturated rings. The minimum Gasteiger partial charge on any atom is -0.494 e. The molecule has 0 saturated carbocycles. The summed E-state index contributed by atoms with van der Waals surface area (Å²) in [6.45, 7) is 3.54. The number of carbonyl (C=O) groups excluding carboxylic acids is 2. The lowest BCUT2D eigenvalue weighted by Crippen LogP contribution is -2.40. The first-order valence-corrected chi connectivity index (χ1v) is 12.4. The third kappa shape index (κ3) is 6.46. The van der Waals surface area contributed by atoms with E-state index in [9.17, 15) is 18.0 Å². The van der Waals surface area contributed by atoms with Crippen LogP contribution in [0.15, 0.2) is 48.5 Å². The maximum atomic E-state index is 12.6. The van der Waals surface area contributed by atoms with Crippen LogP contribution in [0.3, 0.4) is 0 Å². The number of hydrogen-bond acceptors (Lipinski definition) is 5. The van der Waals surface area contributed by atoms with Crippen molar-refractivity contribution in [3.8, 4) is 5.75 Å². The van der Waals surface area contributed by atoms with E-state index in [-0.39, 0.29) is 19.0 Å². The lowest BCUT2D eigenvalue weighted by Gasteiger charge is -2.22. The largest absolute Gasteiger partial charge is 0.494 e. The first-order valence-electron chi connectivity index (χ1n) is 10.6. The molecule has 0 atom stereocenters. The van der Waals surface area contributed by atoms with Gasteiger partial charge in [-0.25, -0.2) is 8.42 Å². The van der Waals surface area contributed by atoms with Crippen LogP contribution in [0.25, 0.3) is 0 Å². The van der Waals surface area contributed by atoms with Crippen LogP contribution in [0, 0.1) is 0 Å². The number of nitrogens with zero attached hydrogens (tertiary/aromatic N) is 2. The van der Waals surface area contributed by atoms with Gasteiger partial charge in [0.15, 0.2) is 0 Å². The summed E-state index contributed by atoms with van der Waals surface area (Å²) in [5.41, 5.74) is 2.25. The summed E-state index contributed by atoms with van der Waals surface area (Å²) in [4.78, 5) is 26.2. The van der Waals surface area contributed by atoms with E-state index >= 15 is 0 Å². The molecule has 8 nitrogen and oxygen atoms in total. The maximum Gasteiger partial charge on any atom is 0.241 e. The van der Waals surface area contributed by atoms with E-state index in [0.717, 1.165) is 34.7 Å². The Bertz CT molecular complexity index is 1070. The molecule has 9 heteroatoms. The number of anilines is 1. The number of ether oxygens (including phenoxy) is 1. The number of rotatable bonds is 10. The van der Waals surface area contributed by atoms with Crippen molar-refractivity contribution in [1.82, 2.24) is 10.2 Å². The Morgan fingerprint density at radius 3 is 2.59 bits per heavy atom. The van der Waals surface area contributed by atoms with Crippen molar-refractivity contribution in [2.24, 2.45) is 0 Å². The molecule has 0 unspecified atom stereocenters. The monoisotopic (exact) mass is 459 g/mol. The lowest BCUT2D eigenvalue weighted by atomic mass is 10.1. The van der Waals surface area contributed by atoms with Crippen molar-refractivity contribution in [3.63, 3.8) is 0 Å². The van der Waals surface area contributed by atoms with Crippen molar-refractivity contribution in [3.05, 3.63) is 59.7 Å². The second kappa shape index (κ2) is 10.5. The Hall–Kier alpha value is -3.07. The van der Waals surface area contributed by atoms with E-state index in [1.807, 2.05) is 36.1 Å². The summed E-state index contributed by atoms with van der Waals surface area (Å²) >= 11 is 0. The van der Waals surface area contributed by atoms with Gasteiger partial charge < -0.3 is 15.0 Å². The van der Waals surface area contributed by atoms with Crippen molar-refractivity contribution in [2.75, 3.05) is 30.3 Å². The molecule has 0 spiro atoms. The SMILES string of the molecule is CCOc1cccc(N(CC(=O)NCc2cccc(CN3CCCC3=O)c2)S(C)(=O)=O)c1. The van der Waals surface area contributed by atoms with E-state index in [2.05, 4.69) is 5.32 Å². The molecule has 0 aliphatic carbocycles. The van der Waals surface area contributed by atoms with Crippen LogP contribution in [0.4, 0.5) is 5.69 Å². The maximum absolute atomic E-state index is 12.6. The highest BCUT2D eigenvalue weighted by Gasteiger charge is 2.22. The first kappa shape index (κ1) is 23.6. The van der Waals surface area contributed by atoms with Crippen molar-refractivity contribution in [2.45, 2.75) is 32.9 Å². The quantitative estimate of drug-likeness (QED) is 0.588. The predicted octanol–water partition coefficient (Wildman–Crippen LogP) is 2.29. The number of likely N-dealkylation sites (tertiary alicyclic amines) is 1. The average Bonchev–Trinajstić information content (AvgIpc) is 3.15. The highest BCUT2D eigenvalue weighted by molar-refractivity contribution is 7.92. The molecule has 1 aliphatic heterocycles. The van der Waals surface area contributed by atoms with E-state index in [4.69, 9.17) is 4.74 Å². The van der Waals surface area contributed by atoms with Gasteiger partial charge in [-0.1, -0.05) is 30.3 Å². The van der Waals surface area contributed by atoms with Crippen molar-refractivity contribution >= 4 is 27.5 Å². The minimum absolute atomic E-state index is 0.165. The molecule has 1 aliphatic rings. The normalized spacial score (nSPS) is 13.8. The van der Waals surface area contributed by atoms with Crippen molar-refractivity contribution < 1.29 is 22.7 Å². The molecular weight excluding hydrogens is 430 g/mol. The summed E-state index contributed by atoms with van der Waals surface area (Å²) in [5.74, 6) is 0.280. The lowest BCUT2D eigenvalue weighted by molar-refractivity contribution is -0.128. The molecule has 32 heavy (non-hydrogen) atoms. The summed E-state index contributed by atoms with van der Waals surface area (Å²) in [5, 5.41) is 2.78. The first-order chi connectivity index (χ1) is 15.3. The number of carbonyl (C=O) groups is 2. The van der Waals surface area contributed by atoms with Crippen LogP contribution in [0.1, 0.15) is 30.9 Å². The van der Waals surface area contributed by atoms with Crippen LogP contribution >= 0.6 is 0 Å². The topological polar surface area (TPSA) is 96.0 Å². The van der Waals surface area contributed by atoms with E-state index in [1.54, 1.807) is 24.3 Å². The van der Waals surface area contributed by atoms with Gasteiger partial charge in [-0.15, -0.1) is 0 Å². The zero-order valence-corrected chi connectivity index (χ0v) is 19.2. The summed E-state index contributed by atoms with van der Waals surface area (Å²) < 4.78 is 31.1. The molecule has 1 heterocycles. The Morgan fingerprint density at radius 2 is 1.91 bits per heavy atom. The van der Waals surface area contributed by atoms with Gasteiger partial charge in [0, 0.05) is 32.1 Å². The number of amides is 2. The van der Waals surface area contributed by atoms with E-state index < -0.39 is 15.9 Å². The van der Waals surface area contributed by atoms with Gasteiger partial charge >= 0.3 is 0 Å². The second-order valence-electron chi connectivity index (χ2n) is 7.72. The molecule has 0 bridgehead atoms. The van der Waals surface area contributed by atoms with Gasteiger partial charge in [0.2, 0.25) is 21.8 Å². The molecule has 1 N–H and O–H groups in total. The molecule has 3 rings (SSSR count). The molecule has 2 aromatic carbocycles. The number of sulfonamides is 1. The molecule has 1 saturated heterocycles. The standard InChI is InChI=1S/C23H29N3O5S/c1-3-31-21-10-5-9-20(14-21)26(32(2,29)30)17-22(27)24-15-18-7-4-8-19(13-18)16-25-12-6-11-23(25)28/h4-5,7-10,13-14H,3,6,11-12,15-17H2,1-2H3,(H,24,27). The third-order valence-electron chi connectivity index (χ3n) is 5.13. The molecule has 172 valence electrons. The fourth-order valence-electron chi connectivity index (χ4n) is 3.61. The molecule has 0 aromatic heterocycles. The van der Waals surface area contributed by atoms with Crippen molar-refractivity contribution in [1.29, 1.82) is 0 Å². The fourth-order valence-corrected chi connectivity index (χ4v) is 4.46. The molecular formula is C23H29N3O5S. The van der Waals surface area contributed by atoms with Gasteiger partial charge in [0.1, 0.15) is 12.3 Å². The van der Waals surface area contributed by atoms with Crippen LogP contribution in [0.5, 0.6) is 5.75 Å². The Labute approximate surface area is 189 Å². The fraction of sp³-hybridized carbons (Fsp3) is 0.391. The van der Waals surface area contributed by atoms with E-state index in [0.29, 0.717) is 31.0 Å². The summed E-state index contributed by atoms with van der Waals surface area (Å²) in [6, 6.07) is 14.3. The van der Waals surface area contributed by atoms with Gasteiger partial charge in [0.25, 0.3) is 0 Å². The van der Waals surface area contributed by atoms with Gasteiger partial charge in [-0.3, -0.25) is 13.9 Å². The zero-order valence-electron chi connectivity index (χ0n) is 18.4. The highest BCUT2D eigenvalue weighted by Crippen LogP contribution is 2.23. The molecule has 2 aromatic rings. The summed E-state index contributed by atoms with van der Waals surface area (Å²) in [7, 11) is -3.67. The Kier molecular flexibility index (Phi) is 7.74. The van der Waals surface area contributed by atoms with Gasteiger partial charge in [0.05, 0.1) is 18.6 Å². The number of benzene rings is 2. The number of nitrogens with one attached hydrogen (secondary N) is 1. The average molecular weight is 460 g/mol. The van der Waals surface area contributed by atoms with Crippen LogP contribution in [-0.2, 0) is 32.7 Å². The zero-order chi connectivity index (χ0) is 23.1. The third-order valence-corrected chi connectivity index (χ3v) is 6.27. The van der Waals surface area contributed by atoms with Gasteiger partial charge in [-0.05, 0) is 36.6 Å². The Balaban J connectivity index is 1.63. The van der Waals surface area contributed by atoms with Gasteiger partial charge in [-0.2, -0.15) is 0 Å². The smallest absolute Gasteiger partial charge is 0.241 e. The Morgan fingerprint density at radius 1 is 1.16 bits per heavy atom. The second-order valence-corrected chi connectivity index (χ2v) is 9.62. The van der Waals surface area contributed by atoms with Crippen LogP contribution in [-0.4, -0.2) is 51.1 Å². The molecule has 2 amide bonds. The molecule has 0 radical (unpaired) electrons. The van der Waals surface area contributed by atoms with E-state index in [1.165, 1.54) is 0 Å². The van der Waals surface area contributed by atoms with Crippen LogP contribution < -0.4 is 14.4 Å². The predicted molar refractivity (Wildman–Crippen MR) is 123 cm³/mol. The van der Waals surface area contributed by atoms with Crippen LogP contribution in [0.2, 0.25) is 0 Å². The highest BCUT2D eigenvalue weighted by atomic mass is 32.2.